The van der Waals surface area contributed by atoms with Crippen LogP contribution in [-0.2, 0) is 0 Å². The Kier molecular flexibility index (Phi) is 9.77. The molecule has 0 saturated carbocycles. The molecule has 3 aromatic carbocycles. The number of nitriles is 2. The van der Waals surface area contributed by atoms with Crippen molar-refractivity contribution in [2.45, 2.75) is 0 Å². The molecule has 0 unspecified atom stereocenters. The maximum Gasteiger partial charge on any atom is 0.371 e. The van der Waals surface area contributed by atoms with E-state index in [2.05, 4.69) is 9.73 Å². The number of hydrogen-bond acceptors (Lipinski definition) is 8. The van der Waals surface area contributed by atoms with E-state index in [9.17, 15) is 14.0 Å². The zero-order chi connectivity index (χ0) is 27.4. The number of nitrogens with zero attached hydrogens (tertiary/aromatic N) is 2. The van der Waals surface area contributed by atoms with Gasteiger partial charge in [0.25, 0.3) is 5.91 Å². The number of hydrogen-bond donors (Lipinski definition) is 5. The lowest BCUT2D eigenvalue weighted by Gasteiger charge is -2.07. The number of benzene rings is 3. The molecule has 8 N–H and O–H groups in total. The predicted octanol–water partition coefficient (Wildman–Crippen LogP) is 4.23. The van der Waals surface area contributed by atoms with Gasteiger partial charge in [0.15, 0.2) is 0 Å². The van der Waals surface area contributed by atoms with Gasteiger partial charge >= 0.3 is 5.97 Å². The van der Waals surface area contributed by atoms with E-state index in [4.69, 9.17) is 32.8 Å². The maximum atomic E-state index is 13.4. The molecule has 0 atom stereocenters. The summed E-state index contributed by atoms with van der Waals surface area (Å²) in [4.78, 5) is 21.8. The lowest BCUT2D eigenvalue weighted by molar-refractivity contribution is 0.0662. The summed E-state index contributed by atoms with van der Waals surface area (Å²) in [6, 6.07) is 21.8. The van der Waals surface area contributed by atoms with Gasteiger partial charge in [-0.3, -0.25) is 4.79 Å². The van der Waals surface area contributed by atoms with Crippen molar-refractivity contribution < 1.29 is 23.5 Å². The molecule has 0 aliphatic heterocycles. The highest BCUT2D eigenvalue weighted by Crippen LogP contribution is 2.18. The normalized spacial score (nSPS) is 9.27. The molecule has 0 radical (unpaired) electrons. The fourth-order valence-corrected chi connectivity index (χ4v) is 2.65. The minimum atomic E-state index is -1.03. The van der Waals surface area contributed by atoms with Crippen LogP contribution >= 0.6 is 0 Å². The first kappa shape index (κ1) is 27.4. The Balaban J connectivity index is 0.000000223. The molecule has 4 aromatic rings. The number of carbonyl (C=O) groups is 2. The topological polar surface area (TPSA) is 205 Å². The number of carbonyl (C=O) groups excluding carboxylic acids is 1. The summed E-state index contributed by atoms with van der Waals surface area (Å²) in [6.07, 6.45) is 1.32. The summed E-state index contributed by atoms with van der Waals surface area (Å²) in [5.74, 6) is -2.23. The summed E-state index contributed by atoms with van der Waals surface area (Å²) >= 11 is 0. The van der Waals surface area contributed by atoms with E-state index in [1.54, 1.807) is 30.3 Å². The van der Waals surface area contributed by atoms with Gasteiger partial charge in [0, 0.05) is 22.7 Å². The van der Waals surface area contributed by atoms with E-state index in [0.29, 0.717) is 28.3 Å². The summed E-state index contributed by atoms with van der Waals surface area (Å²) in [7, 11) is 0. The molecule has 11 heteroatoms. The molecule has 0 bridgehead atoms. The monoisotopic (exact) mass is 500 g/mol. The molecule has 0 spiro atoms. The van der Waals surface area contributed by atoms with Gasteiger partial charge in [-0.1, -0.05) is 12.1 Å². The second-order valence-corrected chi connectivity index (χ2v) is 7.09. The first-order chi connectivity index (χ1) is 17.7. The standard InChI is InChI=1S/C14H10FN3O.C7H7N3.C5H4O3/c15-12-4-2-1-3-11(12)14(19)18-10-5-6-13(17)9(7-10)8-16;8-4-5-3-6(9)1-2-7(5)10;6-5(7)4-2-1-3-8-4/h1-7H,17H2,(H,18,19);1-3H,9-10H2;1-3H,(H,6,7). The second kappa shape index (κ2) is 13.2. The molecule has 1 heterocycles. The molecular formula is C26H21FN6O4. The van der Waals surface area contributed by atoms with Crippen LogP contribution in [0.1, 0.15) is 32.0 Å². The Labute approximate surface area is 211 Å². The van der Waals surface area contributed by atoms with E-state index < -0.39 is 17.7 Å². The van der Waals surface area contributed by atoms with Crippen molar-refractivity contribution in [3.05, 3.63) is 107 Å². The third kappa shape index (κ3) is 8.17. The first-order valence-corrected chi connectivity index (χ1v) is 10.3. The van der Waals surface area contributed by atoms with Crippen LogP contribution < -0.4 is 22.5 Å². The van der Waals surface area contributed by atoms with Crippen molar-refractivity contribution in [1.82, 2.24) is 0 Å². The SMILES string of the molecule is N#Cc1cc(N)ccc1N.N#Cc1cc(NC(=O)c2ccccc2F)ccc1N.O=C(O)c1ccco1. The summed E-state index contributed by atoms with van der Waals surface area (Å²) in [6.45, 7) is 0. The Morgan fingerprint density at radius 1 is 0.865 bits per heavy atom. The van der Waals surface area contributed by atoms with E-state index in [1.165, 1.54) is 48.7 Å². The third-order valence-corrected chi connectivity index (χ3v) is 4.48. The Morgan fingerprint density at radius 2 is 1.49 bits per heavy atom. The van der Waals surface area contributed by atoms with Crippen LogP contribution in [-0.4, -0.2) is 17.0 Å². The van der Waals surface area contributed by atoms with Crippen LogP contribution in [0.15, 0.2) is 83.5 Å². The van der Waals surface area contributed by atoms with Crippen LogP contribution in [0.5, 0.6) is 0 Å². The molecule has 0 aliphatic carbocycles. The van der Waals surface area contributed by atoms with E-state index in [0.717, 1.165) is 0 Å². The fraction of sp³-hybridized carbons (Fsp3) is 0. The smallest absolute Gasteiger partial charge is 0.371 e. The fourth-order valence-electron chi connectivity index (χ4n) is 2.65. The molecular weight excluding hydrogens is 479 g/mol. The number of halogens is 1. The largest absolute Gasteiger partial charge is 0.475 e. The van der Waals surface area contributed by atoms with Crippen molar-refractivity contribution in [2.24, 2.45) is 0 Å². The molecule has 1 amide bonds. The summed E-state index contributed by atoms with van der Waals surface area (Å²) in [5.41, 5.74) is 18.8. The Morgan fingerprint density at radius 3 is 2.00 bits per heavy atom. The van der Waals surface area contributed by atoms with Gasteiger partial charge in [-0.25, -0.2) is 9.18 Å². The summed E-state index contributed by atoms with van der Waals surface area (Å²) < 4.78 is 17.9. The van der Waals surface area contributed by atoms with E-state index in [1.807, 2.05) is 12.1 Å². The van der Waals surface area contributed by atoms with Crippen LogP contribution in [0.3, 0.4) is 0 Å². The minimum absolute atomic E-state index is 0.0231. The van der Waals surface area contributed by atoms with Gasteiger partial charge in [-0.15, -0.1) is 0 Å². The first-order valence-electron chi connectivity index (χ1n) is 10.3. The molecule has 4 rings (SSSR count). The Bertz CT molecular complexity index is 1470. The zero-order valence-electron chi connectivity index (χ0n) is 19.2. The zero-order valence-corrected chi connectivity index (χ0v) is 19.2. The van der Waals surface area contributed by atoms with Crippen LogP contribution in [0.4, 0.5) is 27.1 Å². The molecule has 37 heavy (non-hydrogen) atoms. The molecule has 1 aromatic heterocycles. The number of furan rings is 1. The van der Waals surface area contributed by atoms with Crippen LogP contribution in [0.2, 0.25) is 0 Å². The quantitative estimate of drug-likeness (QED) is 0.255. The highest BCUT2D eigenvalue weighted by atomic mass is 19.1. The summed E-state index contributed by atoms with van der Waals surface area (Å²) in [5, 5.41) is 28.0. The number of carboxylic acid groups (broad SMARTS) is 1. The lowest BCUT2D eigenvalue weighted by Crippen LogP contribution is -2.13. The predicted molar refractivity (Wildman–Crippen MR) is 136 cm³/mol. The number of carboxylic acids is 1. The highest BCUT2D eigenvalue weighted by molar-refractivity contribution is 6.04. The van der Waals surface area contributed by atoms with Gasteiger partial charge in [0.1, 0.15) is 18.0 Å². The second-order valence-electron chi connectivity index (χ2n) is 7.09. The number of rotatable bonds is 3. The van der Waals surface area contributed by atoms with Crippen molar-refractivity contribution in [3.8, 4) is 12.1 Å². The van der Waals surface area contributed by atoms with Gasteiger partial charge in [-0.2, -0.15) is 10.5 Å². The number of anilines is 4. The molecule has 186 valence electrons. The van der Waals surface area contributed by atoms with Crippen molar-refractivity contribution >= 4 is 34.6 Å². The number of nitrogens with one attached hydrogen (secondary N) is 1. The van der Waals surface area contributed by atoms with Gasteiger partial charge in [0.05, 0.1) is 23.0 Å². The van der Waals surface area contributed by atoms with Gasteiger partial charge in [0.2, 0.25) is 5.76 Å². The molecule has 0 saturated heterocycles. The van der Waals surface area contributed by atoms with E-state index >= 15 is 0 Å². The minimum Gasteiger partial charge on any atom is -0.475 e. The maximum absolute atomic E-state index is 13.4. The van der Waals surface area contributed by atoms with Crippen LogP contribution in [0.25, 0.3) is 0 Å². The number of aromatic carboxylic acids is 1. The van der Waals surface area contributed by atoms with Crippen LogP contribution in [0, 0.1) is 28.5 Å². The molecule has 0 fully saturated rings. The van der Waals surface area contributed by atoms with Crippen molar-refractivity contribution in [1.29, 1.82) is 10.5 Å². The van der Waals surface area contributed by atoms with Gasteiger partial charge in [-0.05, 0) is 60.7 Å². The third-order valence-electron chi connectivity index (χ3n) is 4.48. The lowest BCUT2D eigenvalue weighted by atomic mass is 10.1. The van der Waals surface area contributed by atoms with Gasteiger partial charge < -0.3 is 32.0 Å². The molecule has 10 nitrogen and oxygen atoms in total. The Hall–Kier alpha value is -5.81. The number of nitrogens with two attached hydrogens (primary N) is 3. The van der Waals surface area contributed by atoms with Crippen molar-refractivity contribution in [3.63, 3.8) is 0 Å². The number of nitrogen functional groups attached to an aromatic ring is 3. The highest BCUT2D eigenvalue weighted by Gasteiger charge is 2.11. The van der Waals surface area contributed by atoms with Crippen molar-refractivity contribution in [2.75, 3.05) is 22.5 Å². The van der Waals surface area contributed by atoms with E-state index in [-0.39, 0.29) is 16.9 Å². The average Bonchev–Trinajstić information content (AvgIpc) is 3.43. The average molecular weight is 500 g/mol. The number of amides is 1. The molecule has 0 aliphatic rings.